The van der Waals surface area contributed by atoms with Crippen LogP contribution in [0.5, 0.6) is 5.75 Å². The molecular formula is C27H29FN6O4. The first kappa shape index (κ1) is 26.5. The molecule has 2 heterocycles. The number of hydrogen-bond donors (Lipinski definition) is 1. The first-order valence-electron chi connectivity index (χ1n) is 11.9. The maximum Gasteiger partial charge on any atom is 0.251 e. The third-order valence-corrected chi connectivity index (χ3v) is 5.50. The van der Waals surface area contributed by atoms with Crippen LogP contribution >= 0.6 is 0 Å². The summed E-state index contributed by atoms with van der Waals surface area (Å²) >= 11 is 0. The Labute approximate surface area is 219 Å². The molecular weight excluding hydrogens is 491 g/mol. The van der Waals surface area contributed by atoms with E-state index in [4.69, 9.17) is 9.15 Å². The van der Waals surface area contributed by atoms with Crippen molar-refractivity contribution in [3.8, 4) is 17.3 Å². The highest BCUT2D eigenvalue weighted by Crippen LogP contribution is 2.30. The van der Waals surface area contributed by atoms with E-state index in [-0.39, 0.29) is 12.4 Å². The lowest BCUT2D eigenvalue weighted by Crippen LogP contribution is -2.50. The molecule has 1 N–H and O–H groups in total. The van der Waals surface area contributed by atoms with Gasteiger partial charge in [-0.1, -0.05) is 12.1 Å². The molecule has 0 fully saturated rings. The van der Waals surface area contributed by atoms with E-state index in [0.717, 1.165) is 4.80 Å². The van der Waals surface area contributed by atoms with Gasteiger partial charge in [0.2, 0.25) is 11.7 Å². The van der Waals surface area contributed by atoms with E-state index in [1.807, 2.05) is 20.8 Å². The number of carbonyl (C=O) groups excluding carboxylic acids is 2. The molecule has 0 radical (unpaired) electrons. The highest BCUT2D eigenvalue weighted by atomic mass is 19.1. The average molecular weight is 521 g/mol. The number of methoxy groups -OCH3 is 1. The molecule has 2 amide bonds. The minimum absolute atomic E-state index is 0.224. The van der Waals surface area contributed by atoms with Gasteiger partial charge in [-0.2, -0.15) is 4.80 Å². The van der Waals surface area contributed by atoms with Crippen LogP contribution in [-0.2, 0) is 16.1 Å². The number of nitrogens with zero attached hydrogens (tertiary/aromatic N) is 5. The van der Waals surface area contributed by atoms with Crippen molar-refractivity contribution in [2.75, 3.05) is 12.0 Å². The standard InChI is InChI=1S/C27H29FN6O4/c1-17-6-15-22(38-17)25-30-32-33(31-25)16-23(35)34(20-11-13-21(37-5)14-12-20)24(26(36)29-27(2,3)4)18-7-9-19(28)10-8-18/h6-15,24H,16H2,1-5H3,(H,29,36)/t24-/m1/s1. The Kier molecular flexibility index (Phi) is 7.56. The van der Waals surface area contributed by atoms with Crippen LogP contribution in [-0.4, -0.2) is 44.7 Å². The molecule has 0 saturated carbocycles. The van der Waals surface area contributed by atoms with Gasteiger partial charge in [0, 0.05) is 11.2 Å². The van der Waals surface area contributed by atoms with E-state index in [0.29, 0.717) is 28.5 Å². The van der Waals surface area contributed by atoms with E-state index < -0.39 is 29.2 Å². The Morgan fingerprint density at radius 2 is 1.76 bits per heavy atom. The monoisotopic (exact) mass is 520 g/mol. The number of furan rings is 1. The summed E-state index contributed by atoms with van der Waals surface area (Å²) < 4.78 is 24.6. The third-order valence-electron chi connectivity index (χ3n) is 5.50. The van der Waals surface area contributed by atoms with Crippen molar-refractivity contribution in [1.82, 2.24) is 25.5 Å². The van der Waals surface area contributed by atoms with Gasteiger partial charge in [-0.25, -0.2) is 4.39 Å². The van der Waals surface area contributed by atoms with E-state index in [9.17, 15) is 14.0 Å². The number of rotatable bonds is 8. The molecule has 1 atom stereocenters. The van der Waals surface area contributed by atoms with Crippen LogP contribution in [0.3, 0.4) is 0 Å². The number of aryl methyl sites for hydroxylation is 1. The molecule has 2 aromatic carbocycles. The summed E-state index contributed by atoms with van der Waals surface area (Å²) in [6.07, 6.45) is 0. The van der Waals surface area contributed by atoms with Gasteiger partial charge in [-0.3, -0.25) is 14.5 Å². The van der Waals surface area contributed by atoms with Crippen molar-refractivity contribution >= 4 is 17.5 Å². The van der Waals surface area contributed by atoms with E-state index >= 15 is 0 Å². The van der Waals surface area contributed by atoms with Crippen LogP contribution in [0.2, 0.25) is 0 Å². The summed E-state index contributed by atoms with van der Waals surface area (Å²) in [5.74, 6) is 0.516. The largest absolute Gasteiger partial charge is 0.497 e. The molecule has 4 aromatic rings. The fourth-order valence-electron chi connectivity index (χ4n) is 3.84. The lowest BCUT2D eigenvalue weighted by atomic mass is 10.0. The number of ether oxygens (including phenoxy) is 1. The molecule has 38 heavy (non-hydrogen) atoms. The number of aromatic nitrogens is 4. The molecule has 198 valence electrons. The van der Waals surface area contributed by atoms with Crippen molar-refractivity contribution in [2.45, 2.75) is 45.8 Å². The summed E-state index contributed by atoms with van der Waals surface area (Å²) in [5, 5.41) is 15.2. The van der Waals surface area contributed by atoms with Crippen LogP contribution in [0.25, 0.3) is 11.6 Å². The van der Waals surface area contributed by atoms with Crippen molar-refractivity contribution in [3.63, 3.8) is 0 Å². The van der Waals surface area contributed by atoms with Gasteiger partial charge in [0.1, 0.15) is 29.9 Å². The van der Waals surface area contributed by atoms with Gasteiger partial charge in [0.05, 0.1) is 7.11 Å². The Morgan fingerprint density at radius 3 is 2.34 bits per heavy atom. The Bertz CT molecular complexity index is 1410. The fraction of sp³-hybridized carbons (Fsp3) is 0.296. The predicted molar refractivity (Wildman–Crippen MR) is 138 cm³/mol. The summed E-state index contributed by atoms with van der Waals surface area (Å²) in [4.78, 5) is 30.0. The first-order chi connectivity index (χ1) is 18.0. The predicted octanol–water partition coefficient (Wildman–Crippen LogP) is 4.08. The highest BCUT2D eigenvalue weighted by molar-refractivity contribution is 6.01. The second kappa shape index (κ2) is 10.8. The molecule has 0 aliphatic carbocycles. The van der Waals surface area contributed by atoms with Gasteiger partial charge in [0.25, 0.3) is 5.91 Å². The normalized spacial score (nSPS) is 12.2. The Hall–Kier alpha value is -4.54. The molecule has 0 aliphatic rings. The number of hydrogen-bond acceptors (Lipinski definition) is 7. The first-order valence-corrected chi connectivity index (χ1v) is 11.9. The zero-order valence-electron chi connectivity index (χ0n) is 21.8. The molecule has 0 bridgehead atoms. The van der Waals surface area contributed by atoms with Crippen LogP contribution in [0.1, 0.15) is 38.1 Å². The number of tetrazole rings is 1. The van der Waals surface area contributed by atoms with Crippen LogP contribution < -0.4 is 15.0 Å². The van der Waals surface area contributed by atoms with Gasteiger partial charge in [-0.15, -0.1) is 10.2 Å². The molecule has 4 rings (SSSR count). The smallest absolute Gasteiger partial charge is 0.251 e. The van der Waals surface area contributed by atoms with E-state index in [1.54, 1.807) is 43.3 Å². The van der Waals surface area contributed by atoms with Crippen molar-refractivity contribution in [1.29, 1.82) is 0 Å². The molecule has 10 nitrogen and oxygen atoms in total. The topological polar surface area (TPSA) is 115 Å². The zero-order chi connectivity index (χ0) is 27.4. The third kappa shape index (κ3) is 6.23. The molecule has 2 aromatic heterocycles. The second-order valence-corrected chi connectivity index (χ2v) is 9.71. The number of nitrogens with one attached hydrogen (secondary N) is 1. The van der Waals surface area contributed by atoms with E-state index in [1.165, 1.54) is 36.3 Å². The van der Waals surface area contributed by atoms with Gasteiger partial charge in [0.15, 0.2) is 5.76 Å². The Balaban J connectivity index is 1.75. The quantitative estimate of drug-likeness (QED) is 0.372. The van der Waals surface area contributed by atoms with Gasteiger partial charge < -0.3 is 14.5 Å². The minimum Gasteiger partial charge on any atom is -0.497 e. The number of anilines is 1. The lowest BCUT2D eigenvalue weighted by molar-refractivity contribution is -0.128. The number of halogens is 1. The van der Waals surface area contributed by atoms with Gasteiger partial charge >= 0.3 is 0 Å². The lowest BCUT2D eigenvalue weighted by Gasteiger charge is -2.33. The molecule has 0 saturated heterocycles. The Morgan fingerprint density at radius 1 is 1.08 bits per heavy atom. The maximum absolute atomic E-state index is 13.9. The summed E-state index contributed by atoms with van der Waals surface area (Å²) in [5.41, 5.74) is 0.264. The number of amides is 2. The van der Waals surface area contributed by atoms with E-state index in [2.05, 4.69) is 20.7 Å². The SMILES string of the molecule is COc1ccc(N(C(=O)Cn2nnc(-c3ccc(C)o3)n2)[C@@H](C(=O)NC(C)(C)C)c2ccc(F)cc2)cc1. The second-order valence-electron chi connectivity index (χ2n) is 9.71. The number of benzene rings is 2. The molecule has 0 spiro atoms. The van der Waals surface area contributed by atoms with Gasteiger partial charge in [-0.05, 0) is 87.0 Å². The average Bonchev–Trinajstić information content (AvgIpc) is 3.51. The maximum atomic E-state index is 13.9. The summed E-state index contributed by atoms with van der Waals surface area (Å²) in [6.45, 7) is 6.98. The van der Waals surface area contributed by atoms with Crippen LogP contribution in [0.15, 0.2) is 65.1 Å². The van der Waals surface area contributed by atoms with Crippen molar-refractivity contribution in [3.05, 3.63) is 77.8 Å². The summed E-state index contributed by atoms with van der Waals surface area (Å²) in [6, 6.07) is 14.5. The molecule has 0 aliphatic heterocycles. The summed E-state index contributed by atoms with van der Waals surface area (Å²) in [7, 11) is 1.53. The molecule has 11 heteroatoms. The van der Waals surface area contributed by atoms with Crippen LogP contribution in [0, 0.1) is 12.7 Å². The molecule has 0 unspecified atom stereocenters. The highest BCUT2D eigenvalue weighted by Gasteiger charge is 2.35. The minimum atomic E-state index is -1.12. The number of carbonyl (C=O) groups is 2. The zero-order valence-corrected chi connectivity index (χ0v) is 21.8. The van der Waals surface area contributed by atoms with Crippen molar-refractivity contribution in [2.24, 2.45) is 0 Å². The van der Waals surface area contributed by atoms with Crippen LogP contribution in [0.4, 0.5) is 10.1 Å². The fourth-order valence-corrected chi connectivity index (χ4v) is 3.84. The van der Waals surface area contributed by atoms with Crippen molar-refractivity contribution < 1.29 is 23.1 Å².